The number of ketones is 1. The van der Waals surface area contributed by atoms with Gasteiger partial charge in [0.25, 0.3) is 5.78 Å². The number of hydrogen-bond donors (Lipinski definition) is 1. The van der Waals surface area contributed by atoms with Crippen molar-refractivity contribution < 1.29 is 14.7 Å². The quantitative estimate of drug-likeness (QED) is 0.670. The molecule has 0 bridgehead atoms. The first-order chi connectivity index (χ1) is 8.61. The van der Waals surface area contributed by atoms with Crippen LogP contribution < -0.4 is 0 Å². The fourth-order valence-corrected chi connectivity index (χ4v) is 2.61. The van der Waals surface area contributed by atoms with E-state index >= 15 is 0 Å². The Morgan fingerprint density at radius 2 is 1.74 bits per heavy atom. The van der Waals surface area contributed by atoms with Gasteiger partial charge in [0.1, 0.15) is 0 Å². The molecule has 0 aliphatic carbocycles. The van der Waals surface area contributed by atoms with Gasteiger partial charge in [-0.2, -0.15) is 0 Å². The highest BCUT2D eigenvalue weighted by atomic mass is 16.4. The maximum absolute atomic E-state index is 11.8. The van der Waals surface area contributed by atoms with Crippen LogP contribution in [0.5, 0.6) is 0 Å². The summed E-state index contributed by atoms with van der Waals surface area (Å²) in [4.78, 5) is 22.8. The molecule has 0 aromatic heterocycles. The van der Waals surface area contributed by atoms with E-state index in [0.29, 0.717) is 5.56 Å². The van der Waals surface area contributed by atoms with Crippen molar-refractivity contribution in [3.05, 3.63) is 33.9 Å². The molecule has 1 aromatic rings. The van der Waals surface area contributed by atoms with Crippen LogP contribution in [0, 0.1) is 13.8 Å². The Labute approximate surface area is 114 Å². The minimum atomic E-state index is -1.39. The van der Waals surface area contributed by atoms with Gasteiger partial charge in [-0.05, 0) is 47.9 Å². The zero-order chi connectivity index (χ0) is 15.0. The smallest absolute Gasteiger partial charge is 0.377 e. The number of carbonyl (C=O) groups excluding carboxylic acids is 1. The maximum atomic E-state index is 11.8. The number of carboxylic acids is 1. The van der Waals surface area contributed by atoms with E-state index < -0.39 is 11.8 Å². The lowest BCUT2D eigenvalue weighted by molar-refractivity contribution is -0.131. The molecule has 1 rings (SSSR count). The van der Waals surface area contributed by atoms with E-state index in [4.69, 9.17) is 5.11 Å². The molecule has 0 heterocycles. The third kappa shape index (κ3) is 2.86. The van der Waals surface area contributed by atoms with Crippen LogP contribution in [0.25, 0.3) is 0 Å². The number of carboxylic acid groups (broad SMARTS) is 1. The van der Waals surface area contributed by atoms with Crippen LogP contribution in [0.4, 0.5) is 0 Å². The Hall–Kier alpha value is -1.64. The van der Waals surface area contributed by atoms with E-state index in [0.717, 1.165) is 23.1 Å². The molecule has 0 unspecified atom stereocenters. The molecule has 104 valence electrons. The van der Waals surface area contributed by atoms with Gasteiger partial charge in [-0.3, -0.25) is 4.79 Å². The average molecular weight is 262 g/mol. The van der Waals surface area contributed by atoms with Gasteiger partial charge in [-0.1, -0.05) is 33.8 Å². The van der Waals surface area contributed by atoms with Crippen molar-refractivity contribution >= 4 is 11.8 Å². The lowest BCUT2D eigenvalue weighted by Crippen LogP contribution is -2.21. The van der Waals surface area contributed by atoms with Crippen LogP contribution in [0.15, 0.2) is 6.07 Å². The van der Waals surface area contributed by atoms with Crippen molar-refractivity contribution in [2.24, 2.45) is 0 Å². The first-order valence-electron chi connectivity index (χ1n) is 6.52. The van der Waals surface area contributed by atoms with Crippen molar-refractivity contribution in [1.82, 2.24) is 0 Å². The third-order valence-electron chi connectivity index (χ3n) is 3.49. The molecule has 0 atom stereocenters. The number of carbonyl (C=O) groups is 2. The minimum Gasteiger partial charge on any atom is -0.475 e. The van der Waals surface area contributed by atoms with Gasteiger partial charge < -0.3 is 5.11 Å². The summed E-state index contributed by atoms with van der Waals surface area (Å²) in [6, 6.07) is 1.96. The summed E-state index contributed by atoms with van der Waals surface area (Å²) in [5, 5.41) is 8.93. The Kier molecular flexibility index (Phi) is 4.18. The Morgan fingerprint density at radius 1 is 1.21 bits per heavy atom. The summed E-state index contributed by atoms with van der Waals surface area (Å²) in [6.07, 6.45) is 0.790. The van der Waals surface area contributed by atoms with E-state index in [1.165, 1.54) is 5.56 Å². The predicted molar refractivity (Wildman–Crippen MR) is 76.0 cm³/mol. The molecule has 0 radical (unpaired) electrons. The SMILES string of the molecule is CCc1c(C(C)(C)C)cc(C)c(C(=O)C(=O)O)c1C. The molecule has 0 aliphatic heterocycles. The second-order valence-electron chi connectivity index (χ2n) is 5.96. The monoisotopic (exact) mass is 262 g/mol. The van der Waals surface area contributed by atoms with E-state index in [1.807, 2.05) is 19.9 Å². The molecule has 19 heavy (non-hydrogen) atoms. The zero-order valence-electron chi connectivity index (χ0n) is 12.5. The van der Waals surface area contributed by atoms with Crippen LogP contribution in [-0.4, -0.2) is 16.9 Å². The molecular weight excluding hydrogens is 240 g/mol. The highest BCUT2D eigenvalue weighted by Gasteiger charge is 2.26. The average Bonchev–Trinajstić information content (AvgIpc) is 2.26. The predicted octanol–water partition coefficient (Wildman–Crippen LogP) is 3.43. The molecule has 0 fully saturated rings. The number of aliphatic carboxylic acids is 1. The van der Waals surface area contributed by atoms with Gasteiger partial charge >= 0.3 is 5.97 Å². The van der Waals surface area contributed by atoms with Gasteiger partial charge in [-0.25, -0.2) is 4.79 Å². The normalized spacial score (nSPS) is 11.5. The van der Waals surface area contributed by atoms with Crippen molar-refractivity contribution in [1.29, 1.82) is 0 Å². The standard InChI is InChI=1S/C16H22O3/c1-7-11-10(3)13(14(17)15(18)19)9(2)8-12(11)16(4,5)6/h8H,7H2,1-6H3,(H,18,19). The number of aryl methyl sites for hydroxylation is 1. The van der Waals surface area contributed by atoms with Crippen molar-refractivity contribution in [3.8, 4) is 0 Å². The Bertz CT molecular complexity index is 534. The minimum absolute atomic E-state index is 0.0222. The molecule has 0 spiro atoms. The summed E-state index contributed by atoms with van der Waals surface area (Å²) >= 11 is 0. The van der Waals surface area contributed by atoms with Crippen molar-refractivity contribution in [3.63, 3.8) is 0 Å². The maximum Gasteiger partial charge on any atom is 0.377 e. The van der Waals surface area contributed by atoms with Gasteiger partial charge in [-0.15, -0.1) is 0 Å². The molecule has 1 N–H and O–H groups in total. The Morgan fingerprint density at radius 3 is 2.11 bits per heavy atom. The molecule has 0 amide bonds. The molecule has 0 saturated heterocycles. The fraction of sp³-hybridized carbons (Fsp3) is 0.500. The van der Waals surface area contributed by atoms with Crippen LogP contribution in [-0.2, 0) is 16.6 Å². The number of rotatable bonds is 3. The summed E-state index contributed by atoms with van der Waals surface area (Å²) in [6.45, 7) is 12.0. The van der Waals surface area contributed by atoms with Gasteiger partial charge in [0.2, 0.25) is 0 Å². The van der Waals surface area contributed by atoms with Crippen LogP contribution in [0.1, 0.15) is 60.3 Å². The Balaban J connectivity index is 3.65. The van der Waals surface area contributed by atoms with Crippen LogP contribution in [0.2, 0.25) is 0 Å². The summed E-state index contributed by atoms with van der Waals surface area (Å²) in [7, 11) is 0. The van der Waals surface area contributed by atoms with Gasteiger partial charge in [0, 0.05) is 5.56 Å². The largest absolute Gasteiger partial charge is 0.475 e. The molecule has 0 aliphatic rings. The lowest BCUT2D eigenvalue weighted by atomic mass is 9.78. The molecule has 3 heteroatoms. The van der Waals surface area contributed by atoms with Gasteiger partial charge in [0.05, 0.1) is 0 Å². The van der Waals surface area contributed by atoms with Crippen LogP contribution in [0.3, 0.4) is 0 Å². The first-order valence-corrected chi connectivity index (χ1v) is 6.52. The highest BCUT2D eigenvalue weighted by Crippen LogP contribution is 2.32. The topological polar surface area (TPSA) is 54.4 Å². The molecular formula is C16H22O3. The zero-order valence-corrected chi connectivity index (χ0v) is 12.5. The number of benzene rings is 1. The second-order valence-corrected chi connectivity index (χ2v) is 5.96. The third-order valence-corrected chi connectivity index (χ3v) is 3.49. The summed E-state index contributed by atoms with van der Waals surface area (Å²) in [5.41, 5.74) is 4.14. The number of hydrogen-bond acceptors (Lipinski definition) is 2. The molecule has 3 nitrogen and oxygen atoms in total. The van der Waals surface area contributed by atoms with E-state index in [2.05, 4.69) is 20.8 Å². The second kappa shape index (κ2) is 5.16. The fourth-order valence-electron chi connectivity index (χ4n) is 2.61. The van der Waals surface area contributed by atoms with Crippen molar-refractivity contribution in [2.45, 2.75) is 53.4 Å². The summed E-state index contributed by atoms with van der Waals surface area (Å²) in [5.74, 6) is -2.21. The van der Waals surface area contributed by atoms with E-state index in [-0.39, 0.29) is 5.41 Å². The number of Topliss-reactive ketones (excluding diaryl/α,β-unsaturated/α-hetero) is 1. The highest BCUT2D eigenvalue weighted by molar-refractivity contribution is 6.40. The van der Waals surface area contributed by atoms with Gasteiger partial charge in [0.15, 0.2) is 0 Å². The van der Waals surface area contributed by atoms with Crippen molar-refractivity contribution in [2.75, 3.05) is 0 Å². The summed E-state index contributed by atoms with van der Waals surface area (Å²) < 4.78 is 0. The molecule has 0 saturated carbocycles. The van der Waals surface area contributed by atoms with E-state index in [9.17, 15) is 9.59 Å². The van der Waals surface area contributed by atoms with Crippen LogP contribution >= 0.6 is 0 Å². The van der Waals surface area contributed by atoms with E-state index in [1.54, 1.807) is 6.92 Å². The first kappa shape index (κ1) is 15.4. The molecule has 1 aromatic carbocycles. The lowest BCUT2D eigenvalue weighted by Gasteiger charge is -2.26.